The molecule has 0 N–H and O–H groups in total. The number of aromatic nitrogens is 4. The fraction of sp³-hybridized carbons (Fsp3) is 0.241. The summed E-state index contributed by atoms with van der Waals surface area (Å²) in [6, 6.07) is 9.02. The van der Waals surface area contributed by atoms with Crippen LogP contribution >= 0.6 is 34.5 Å². The number of hydrogen-bond acceptors (Lipinski definition) is 9. The summed E-state index contributed by atoms with van der Waals surface area (Å²) >= 11 is 13.8. The van der Waals surface area contributed by atoms with E-state index in [1.807, 2.05) is 32.9 Å². The van der Waals surface area contributed by atoms with E-state index in [1.54, 1.807) is 36.7 Å². The molecule has 9 nitrogen and oxygen atoms in total. The summed E-state index contributed by atoms with van der Waals surface area (Å²) in [5.74, 6) is 0.524. The first-order valence-electron chi connectivity index (χ1n) is 12.5. The van der Waals surface area contributed by atoms with E-state index >= 15 is 0 Å². The summed E-state index contributed by atoms with van der Waals surface area (Å²) in [6.45, 7) is 7.41. The van der Waals surface area contributed by atoms with Crippen LogP contribution < -0.4 is 10.3 Å². The van der Waals surface area contributed by atoms with E-state index in [4.69, 9.17) is 32.7 Å². The largest absolute Gasteiger partial charge is 0.491 e. The number of pyridine rings is 2. The number of nitrogens with zero attached hydrogens (tertiary/aromatic N) is 5. The molecule has 5 aromatic rings. The van der Waals surface area contributed by atoms with E-state index in [-0.39, 0.29) is 29.3 Å². The summed E-state index contributed by atoms with van der Waals surface area (Å²) in [7, 11) is 0. The summed E-state index contributed by atoms with van der Waals surface area (Å²) in [5.41, 5.74) is 1.64. The molecule has 0 saturated carbocycles. The minimum Gasteiger partial charge on any atom is -0.491 e. The Morgan fingerprint density at radius 3 is 2.68 bits per heavy atom. The molecule has 0 bridgehead atoms. The Morgan fingerprint density at radius 2 is 1.95 bits per heavy atom. The summed E-state index contributed by atoms with van der Waals surface area (Å²) in [5, 5.41) is 11.8. The smallest absolute Gasteiger partial charge is 0.341 e. The van der Waals surface area contributed by atoms with Gasteiger partial charge in [-0.15, -0.1) is 11.3 Å². The molecule has 0 radical (unpaired) electrons. The molecule has 0 fully saturated rings. The lowest BCUT2D eigenvalue weighted by Gasteiger charge is -2.19. The average Bonchev–Trinajstić information content (AvgIpc) is 3.35. The second-order valence-electron chi connectivity index (χ2n) is 10.1. The van der Waals surface area contributed by atoms with E-state index in [9.17, 15) is 14.9 Å². The Balaban J connectivity index is 1.47. The first kappa shape index (κ1) is 28.5. The van der Waals surface area contributed by atoms with Crippen LogP contribution in [0.3, 0.4) is 0 Å². The van der Waals surface area contributed by atoms with Gasteiger partial charge in [0.25, 0.3) is 5.56 Å². The van der Waals surface area contributed by atoms with Crippen LogP contribution in [0.1, 0.15) is 42.5 Å². The minimum atomic E-state index is -0.642. The quantitative estimate of drug-likeness (QED) is 0.156. The van der Waals surface area contributed by atoms with Crippen molar-refractivity contribution in [3.63, 3.8) is 0 Å². The van der Waals surface area contributed by atoms with Gasteiger partial charge in [0.1, 0.15) is 40.6 Å². The number of ether oxygens (including phenoxy) is 2. The topological polar surface area (TPSA) is 120 Å². The van der Waals surface area contributed by atoms with Crippen molar-refractivity contribution in [2.24, 2.45) is 0 Å². The number of halogens is 2. The van der Waals surface area contributed by atoms with Crippen LogP contribution in [0.2, 0.25) is 10.2 Å². The Hall–Kier alpha value is -4.04. The predicted octanol–water partition coefficient (Wildman–Crippen LogP) is 6.59. The van der Waals surface area contributed by atoms with E-state index in [0.29, 0.717) is 38.8 Å². The number of thiophene rings is 1. The molecule has 0 aliphatic heterocycles. The number of hydrogen-bond donors (Lipinski definition) is 0. The number of esters is 1. The molecule has 1 aromatic carbocycles. The number of carbonyl (C=O) groups excluding carboxylic acids is 1. The molecule has 0 amide bonds. The first-order valence-corrected chi connectivity index (χ1v) is 14.1. The zero-order chi connectivity index (χ0) is 29.5. The number of nitriles is 1. The van der Waals surface area contributed by atoms with Crippen LogP contribution in [0.15, 0.2) is 46.8 Å². The zero-order valence-electron chi connectivity index (χ0n) is 22.5. The lowest BCUT2D eigenvalue weighted by molar-refractivity contribution is 0.00721. The van der Waals surface area contributed by atoms with Crippen LogP contribution in [-0.2, 0) is 11.3 Å². The molecule has 0 aliphatic rings. The Labute approximate surface area is 248 Å². The third-order valence-electron chi connectivity index (χ3n) is 6.13. The maximum atomic E-state index is 13.3. The normalized spacial score (nSPS) is 11.5. The molecular weight excluding hydrogens is 585 g/mol. The molecule has 41 heavy (non-hydrogen) atoms. The Bertz CT molecular complexity index is 1940. The number of aryl methyl sites for hydroxylation is 1. The van der Waals surface area contributed by atoms with Crippen molar-refractivity contribution < 1.29 is 14.3 Å². The highest BCUT2D eigenvalue weighted by Crippen LogP contribution is 2.40. The lowest BCUT2D eigenvalue weighted by Crippen LogP contribution is -2.27. The monoisotopic (exact) mass is 607 g/mol. The van der Waals surface area contributed by atoms with E-state index in [0.717, 1.165) is 10.3 Å². The molecular formula is C29H23Cl2N5O4S. The van der Waals surface area contributed by atoms with Crippen LogP contribution in [0.4, 0.5) is 0 Å². The minimum absolute atomic E-state index is 0.0141. The van der Waals surface area contributed by atoms with Crippen LogP contribution in [-0.4, -0.2) is 37.7 Å². The third-order valence-corrected chi connectivity index (χ3v) is 7.66. The van der Waals surface area contributed by atoms with Crippen molar-refractivity contribution in [1.82, 2.24) is 19.5 Å². The van der Waals surface area contributed by atoms with E-state index < -0.39 is 17.1 Å². The van der Waals surface area contributed by atoms with Crippen LogP contribution in [0.25, 0.3) is 32.2 Å². The second-order valence-corrected chi connectivity index (χ2v) is 11.8. The van der Waals surface area contributed by atoms with Gasteiger partial charge < -0.3 is 9.47 Å². The van der Waals surface area contributed by atoms with Crippen molar-refractivity contribution in [3.8, 4) is 22.9 Å². The molecule has 12 heteroatoms. The highest BCUT2D eigenvalue weighted by Gasteiger charge is 2.23. The molecule has 5 rings (SSSR count). The second kappa shape index (κ2) is 11.1. The van der Waals surface area contributed by atoms with Gasteiger partial charge in [-0.1, -0.05) is 23.2 Å². The van der Waals surface area contributed by atoms with Crippen molar-refractivity contribution in [2.45, 2.75) is 39.8 Å². The molecule has 208 valence electrons. The summed E-state index contributed by atoms with van der Waals surface area (Å²) in [6.07, 6.45) is 3.00. The van der Waals surface area contributed by atoms with Crippen LogP contribution in [0, 0.1) is 18.3 Å². The van der Waals surface area contributed by atoms with E-state index in [2.05, 4.69) is 15.0 Å². The zero-order valence-corrected chi connectivity index (χ0v) is 24.8. The van der Waals surface area contributed by atoms with Gasteiger partial charge in [0.05, 0.1) is 39.4 Å². The highest BCUT2D eigenvalue weighted by atomic mass is 35.5. The number of benzene rings is 1. The van der Waals surface area contributed by atoms with Gasteiger partial charge in [-0.3, -0.25) is 14.3 Å². The molecule has 0 spiro atoms. The van der Waals surface area contributed by atoms with Gasteiger partial charge in [0.15, 0.2) is 0 Å². The maximum absolute atomic E-state index is 13.3. The molecule has 0 saturated heterocycles. The molecule has 0 unspecified atom stereocenters. The standard InChI is InChI=1S/C29H23Cl2N5O4S/c1-15-35-21-13-34-26(31)19(12-32)23(21)27(37)36(15)9-10-39-22-6-5-16(30)11-18(22)17-7-8-33-24-20(14-41-25(17)24)28(38)40-29(2,3)4/h5-8,11,13-14H,9-10H2,1-4H3. The van der Waals surface area contributed by atoms with Gasteiger partial charge in [0, 0.05) is 27.7 Å². The molecule has 0 aliphatic carbocycles. The number of carbonyl (C=O) groups is 1. The van der Waals surface area contributed by atoms with Crippen LogP contribution in [0.5, 0.6) is 5.75 Å². The van der Waals surface area contributed by atoms with Gasteiger partial charge >= 0.3 is 5.97 Å². The molecule has 4 heterocycles. The molecule has 4 aromatic heterocycles. The fourth-order valence-electron chi connectivity index (χ4n) is 4.37. The van der Waals surface area contributed by atoms with Crippen molar-refractivity contribution >= 4 is 61.6 Å². The van der Waals surface area contributed by atoms with Gasteiger partial charge in [-0.25, -0.2) is 14.8 Å². The number of rotatable bonds is 6. The third kappa shape index (κ3) is 5.61. The SMILES string of the molecule is Cc1nc2cnc(Cl)c(C#N)c2c(=O)n1CCOc1ccc(Cl)cc1-c1ccnc2c(C(=O)OC(C)(C)C)csc12. The average molecular weight is 609 g/mol. The van der Waals surface area contributed by atoms with Gasteiger partial charge in [0.2, 0.25) is 0 Å². The van der Waals surface area contributed by atoms with E-state index in [1.165, 1.54) is 22.1 Å². The lowest BCUT2D eigenvalue weighted by atomic mass is 10.0. The van der Waals surface area contributed by atoms with Gasteiger partial charge in [-0.2, -0.15) is 5.26 Å². The summed E-state index contributed by atoms with van der Waals surface area (Å²) in [4.78, 5) is 39.0. The highest BCUT2D eigenvalue weighted by molar-refractivity contribution is 7.18. The van der Waals surface area contributed by atoms with Gasteiger partial charge in [-0.05, 0) is 52.0 Å². The molecule has 0 atom stereocenters. The number of fused-ring (bicyclic) bond motifs is 2. The van der Waals surface area contributed by atoms with Crippen molar-refractivity contribution in [1.29, 1.82) is 5.26 Å². The Kier molecular flexibility index (Phi) is 7.70. The predicted molar refractivity (Wildman–Crippen MR) is 159 cm³/mol. The first-order chi connectivity index (χ1) is 19.5. The fourth-order valence-corrected chi connectivity index (χ4v) is 5.75. The van der Waals surface area contributed by atoms with Crippen molar-refractivity contribution in [2.75, 3.05) is 6.61 Å². The maximum Gasteiger partial charge on any atom is 0.341 e. The Morgan fingerprint density at radius 1 is 1.17 bits per heavy atom. The van der Waals surface area contributed by atoms with Crippen molar-refractivity contribution in [3.05, 3.63) is 79.5 Å². The summed E-state index contributed by atoms with van der Waals surface area (Å²) < 4.78 is 13.9.